The number of hydrogen-bond acceptors (Lipinski definition) is 2. The summed E-state index contributed by atoms with van der Waals surface area (Å²) in [6.45, 7) is 0. The molecule has 1 atom stereocenters. The van der Waals surface area contributed by atoms with Gasteiger partial charge in [0.1, 0.15) is 0 Å². The van der Waals surface area contributed by atoms with Crippen LogP contribution < -0.4 is 5.32 Å². The number of aromatic nitrogens is 3. The maximum atomic E-state index is 4.16. The third-order valence-electron chi connectivity index (χ3n) is 2.28. The van der Waals surface area contributed by atoms with Gasteiger partial charge in [0.2, 0.25) is 0 Å². The van der Waals surface area contributed by atoms with Crippen LogP contribution in [0.2, 0.25) is 0 Å². The molecule has 0 saturated heterocycles. The first-order valence-corrected chi connectivity index (χ1v) is 4.60. The second-order valence-electron chi connectivity index (χ2n) is 3.29. The van der Waals surface area contributed by atoms with Crippen LogP contribution in [-0.2, 0) is 7.05 Å². The van der Waals surface area contributed by atoms with Crippen molar-refractivity contribution in [3.05, 3.63) is 42.0 Å². The summed E-state index contributed by atoms with van der Waals surface area (Å²) in [6.07, 6.45) is 5.82. The van der Waals surface area contributed by atoms with Gasteiger partial charge in [-0.15, -0.1) is 0 Å². The molecule has 2 aromatic heterocycles. The lowest BCUT2D eigenvalue weighted by atomic mass is 10.1. The molecule has 4 nitrogen and oxygen atoms in total. The summed E-state index contributed by atoms with van der Waals surface area (Å²) < 4.78 is 1.81. The molecule has 2 aromatic rings. The van der Waals surface area contributed by atoms with Gasteiger partial charge < -0.3 is 10.3 Å². The van der Waals surface area contributed by atoms with Crippen molar-refractivity contribution in [1.29, 1.82) is 0 Å². The fourth-order valence-electron chi connectivity index (χ4n) is 1.61. The fourth-order valence-corrected chi connectivity index (χ4v) is 1.61. The first-order valence-electron chi connectivity index (χ1n) is 4.60. The lowest BCUT2D eigenvalue weighted by Gasteiger charge is -2.12. The second-order valence-corrected chi connectivity index (χ2v) is 3.29. The van der Waals surface area contributed by atoms with Gasteiger partial charge in [0.05, 0.1) is 12.2 Å². The van der Waals surface area contributed by atoms with Crippen LogP contribution in [-0.4, -0.2) is 21.8 Å². The third-order valence-corrected chi connectivity index (χ3v) is 2.28. The van der Waals surface area contributed by atoms with Crippen LogP contribution in [0.3, 0.4) is 0 Å². The molecule has 2 rings (SSSR count). The van der Waals surface area contributed by atoms with Crippen molar-refractivity contribution in [2.75, 3.05) is 7.05 Å². The summed E-state index contributed by atoms with van der Waals surface area (Å²) in [7, 11) is 3.86. The van der Waals surface area contributed by atoms with Gasteiger partial charge in [-0.1, -0.05) is 0 Å². The summed E-state index contributed by atoms with van der Waals surface area (Å²) in [4.78, 5) is 3.20. The smallest absolute Gasteiger partial charge is 0.0757 e. The van der Waals surface area contributed by atoms with Gasteiger partial charge in [0, 0.05) is 30.7 Å². The Morgan fingerprint density at radius 1 is 1.57 bits per heavy atom. The van der Waals surface area contributed by atoms with E-state index >= 15 is 0 Å². The number of nitrogens with one attached hydrogen (secondary N) is 2. The Balaban J connectivity index is 2.31. The number of H-pyrrole nitrogens is 1. The van der Waals surface area contributed by atoms with Gasteiger partial charge in [-0.2, -0.15) is 5.10 Å². The van der Waals surface area contributed by atoms with Crippen LogP contribution in [0.1, 0.15) is 17.3 Å². The second kappa shape index (κ2) is 3.67. The largest absolute Gasteiger partial charge is 0.363 e. The van der Waals surface area contributed by atoms with E-state index in [2.05, 4.69) is 21.5 Å². The molecule has 4 heteroatoms. The SMILES string of the molecule is CNC(c1cnn(C)c1)c1ccc[nH]1. The van der Waals surface area contributed by atoms with Crippen molar-refractivity contribution in [2.24, 2.45) is 7.05 Å². The van der Waals surface area contributed by atoms with E-state index in [0.29, 0.717) is 0 Å². The Morgan fingerprint density at radius 2 is 2.43 bits per heavy atom. The van der Waals surface area contributed by atoms with E-state index in [9.17, 15) is 0 Å². The molecule has 0 aliphatic carbocycles. The standard InChI is InChI=1S/C10H14N4/c1-11-10(9-4-3-5-12-9)8-6-13-14(2)7-8/h3-7,10-12H,1-2H3. The molecule has 0 amide bonds. The Bertz CT molecular complexity index is 388. The molecule has 2 N–H and O–H groups in total. The van der Waals surface area contributed by atoms with Crippen molar-refractivity contribution < 1.29 is 0 Å². The highest BCUT2D eigenvalue weighted by Gasteiger charge is 2.13. The van der Waals surface area contributed by atoms with E-state index in [0.717, 1.165) is 11.3 Å². The third kappa shape index (κ3) is 1.56. The van der Waals surface area contributed by atoms with E-state index in [-0.39, 0.29) is 6.04 Å². The van der Waals surface area contributed by atoms with Gasteiger partial charge in [-0.3, -0.25) is 4.68 Å². The zero-order valence-electron chi connectivity index (χ0n) is 8.36. The van der Waals surface area contributed by atoms with E-state index in [1.165, 1.54) is 0 Å². The van der Waals surface area contributed by atoms with Gasteiger partial charge in [0.15, 0.2) is 0 Å². The monoisotopic (exact) mass is 190 g/mol. The number of rotatable bonds is 3. The molecule has 14 heavy (non-hydrogen) atoms. The number of hydrogen-bond donors (Lipinski definition) is 2. The highest BCUT2D eigenvalue weighted by atomic mass is 15.2. The zero-order valence-corrected chi connectivity index (χ0v) is 8.36. The quantitative estimate of drug-likeness (QED) is 0.760. The maximum absolute atomic E-state index is 4.16. The maximum Gasteiger partial charge on any atom is 0.0757 e. The molecule has 74 valence electrons. The Morgan fingerprint density at radius 3 is 2.93 bits per heavy atom. The summed E-state index contributed by atoms with van der Waals surface area (Å²) in [5.41, 5.74) is 2.32. The topological polar surface area (TPSA) is 45.6 Å². The van der Waals surface area contributed by atoms with Crippen molar-refractivity contribution >= 4 is 0 Å². The molecule has 0 aliphatic rings. The summed E-state index contributed by atoms with van der Waals surface area (Å²) in [6, 6.07) is 4.25. The van der Waals surface area contributed by atoms with Gasteiger partial charge in [0.25, 0.3) is 0 Å². The Labute approximate surface area is 82.9 Å². The van der Waals surface area contributed by atoms with E-state index < -0.39 is 0 Å². The lowest BCUT2D eigenvalue weighted by Crippen LogP contribution is -2.17. The van der Waals surface area contributed by atoms with Crippen molar-refractivity contribution in [2.45, 2.75) is 6.04 Å². The number of nitrogens with zero attached hydrogens (tertiary/aromatic N) is 2. The molecule has 0 aromatic carbocycles. The number of aromatic amines is 1. The van der Waals surface area contributed by atoms with Gasteiger partial charge in [-0.05, 0) is 19.2 Å². The molecule has 2 heterocycles. The van der Waals surface area contributed by atoms with Gasteiger partial charge >= 0.3 is 0 Å². The van der Waals surface area contributed by atoms with Crippen LogP contribution in [0.15, 0.2) is 30.7 Å². The van der Waals surface area contributed by atoms with Gasteiger partial charge in [-0.25, -0.2) is 0 Å². The molecule has 0 spiro atoms. The highest BCUT2D eigenvalue weighted by Crippen LogP contribution is 2.18. The summed E-state index contributed by atoms with van der Waals surface area (Å²) >= 11 is 0. The predicted molar refractivity (Wildman–Crippen MR) is 54.9 cm³/mol. The minimum absolute atomic E-state index is 0.193. The normalized spacial score (nSPS) is 13.0. The molecular weight excluding hydrogens is 176 g/mol. The molecule has 0 bridgehead atoms. The summed E-state index contributed by atoms with van der Waals surface area (Å²) in [5, 5.41) is 7.41. The molecule has 1 unspecified atom stereocenters. The molecular formula is C10H14N4. The van der Waals surface area contributed by atoms with Crippen LogP contribution in [0.5, 0.6) is 0 Å². The molecule has 0 fully saturated rings. The van der Waals surface area contributed by atoms with E-state index in [1.807, 2.05) is 43.4 Å². The number of aryl methyl sites for hydroxylation is 1. The molecule has 0 aliphatic heterocycles. The lowest BCUT2D eigenvalue weighted by molar-refractivity contribution is 0.673. The minimum atomic E-state index is 0.193. The molecule has 0 radical (unpaired) electrons. The van der Waals surface area contributed by atoms with Crippen molar-refractivity contribution in [3.8, 4) is 0 Å². The Hall–Kier alpha value is -1.55. The average molecular weight is 190 g/mol. The van der Waals surface area contributed by atoms with E-state index in [1.54, 1.807) is 0 Å². The average Bonchev–Trinajstić information content (AvgIpc) is 2.79. The highest BCUT2D eigenvalue weighted by molar-refractivity contribution is 5.23. The molecule has 0 saturated carbocycles. The van der Waals surface area contributed by atoms with Crippen molar-refractivity contribution in [3.63, 3.8) is 0 Å². The minimum Gasteiger partial charge on any atom is -0.363 e. The predicted octanol–water partition coefficient (Wildman–Crippen LogP) is 1.06. The summed E-state index contributed by atoms with van der Waals surface area (Å²) in [5.74, 6) is 0. The van der Waals surface area contributed by atoms with Crippen LogP contribution in [0.25, 0.3) is 0 Å². The zero-order chi connectivity index (χ0) is 9.97. The first kappa shape index (κ1) is 9.02. The first-order chi connectivity index (χ1) is 6.81. The van der Waals surface area contributed by atoms with Crippen LogP contribution in [0.4, 0.5) is 0 Å². The van der Waals surface area contributed by atoms with E-state index in [4.69, 9.17) is 0 Å². The fraction of sp³-hybridized carbons (Fsp3) is 0.300. The van der Waals surface area contributed by atoms with Crippen molar-refractivity contribution in [1.82, 2.24) is 20.1 Å². The van der Waals surface area contributed by atoms with Crippen LogP contribution in [0, 0.1) is 0 Å². The van der Waals surface area contributed by atoms with Crippen LogP contribution >= 0.6 is 0 Å². The Kier molecular flexibility index (Phi) is 2.37.